The molecule has 0 aliphatic carbocycles. The van der Waals surface area contributed by atoms with Crippen molar-refractivity contribution in [1.29, 1.82) is 0 Å². The van der Waals surface area contributed by atoms with Crippen LogP contribution in [-0.2, 0) is 16.0 Å². The summed E-state index contributed by atoms with van der Waals surface area (Å²) in [5.74, 6) is -1.50. The van der Waals surface area contributed by atoms with Gasteiger partial charge in [-0.3, -0.25) is 4.79 Å². The zero-order valence-corrected chi connectivity index (χ0v) is 9.43. The lowest BCUT2D eigenvalue weighted by molar-refractivity contribution is -0.141. The van der Waals surface area contributed by atoms with Crippen LogP contribution in [0.4, 0.5) is 0 Å². The van der Waals surface area contributed by atoms with E-state index in [4.69, 9.17) is 5.11 Å². The third-order valence-electron chi connectivity index (χ3n) is 2.36. The fourth-order valence-electron chi connectivity index (χ4n) is 1.44. The molecule has 2 N–H and O–H groups in total. The van der Waals surface area contributed by atoms with E-state index in [2.05, 4.69) is 11.9 Å². The molecule has 0 aliphatic rings. The molecule has 0 fully saturated rings. The van der Waals surface area contributed by atoms with Crippen molar-refractivity contribution in [2.24, 2.45) is 0 Å². The normalized spacial score (nSPS) is 11.5. The van der Waals surface area contributed by atoms with Crippen LogP contribution >= 0.6 is 0 Å². The second kappa shape index (κ2) is 6.48. The van der Waals surface area contributed by atoms with E-state index in [1.54, 1.807) is 0 Å². The summed E-state index contributed by atoms with van der Waals surface area (Å²) in [6.45, 7) is 3.29. The van der Waals surface area contributed by atoms with Gasteiger partial charge in [-0.15, -0.1) is 0 Å². The molecular formula is C13H15NO3. The van der Waals surface area contributed by atoms with E-state index in [9.17, 15) is 9.59 Å². The molecule has 0 aliphatic heterocycles. The molecule has 0 saturated heterocycles. The first-order valence-corrected chi connectivity index (χ1v) is 5.33. The first-order valence-electron chi connectivity index (χ1n) is 5.33. The molecule has 1 aromatic rings. The number of hydrogen-bond acceptors (Lipinski definition) is 2. The van der Waals surface area contributed by atoms with Crippen molar-refractivity contribution in [3.63, 3.8) is 0 Å². The highest BCUT2D eigenvalue weighted by Gasteiger charge is 2.18. The predicted molar refractivity (Wildman–Crippen MR) is 64.5 cm³/mol. The van der Waals surface area contributed by atoms with Crippen LogP contribution in [0.15, 0.2) is 43.0 Å². The Kier molecular flexibility index (Phi) is 4.94. The van der Waals surface area contributed by atoms with E-state index in [0.29, 0.717) is 12.8 Å². The second-order valence-electron chi connectivity index (χ2n) is 3.63. The van der Waals surface area contributed by atoms with Gasteiger partial charge in [-0.1, -0.05) is 36.9 Å². The number of carbonyl (C=O) groups is 2. The summed E-state index contributed by atoms with van der Waals surface area (Å²) in [7, 11) is 0. The van der Waals surface area contributed by atoms with Crippen molar-refractivity contribution < 1.29 is 14.7 Å². The number of nitrogens with one attached hydrogen (secondary N) is 1. The number of hydrogen-bond donors (Lipinski definition) is 2. The molecule has 1 amide bonds. The number of aryl methyl sites for hydroxylation is 1. The van der Waals surface area contributed by atoms with Crippen LogP contribution in [0.3, 0.4) is 0 Å². The Morgan fingerprint density at radius 2 is 2.00 bits per heavy atom. The van der Waals surface area contributed by atoms with Crippen LogP contribution in [0.1, 0.15) is 12.0 Å². The summed E-state index contributed by atoms with van der Waals surface area (Å²) < 4.78 is 0. The molecule has 0 unspecified atom stereocenters. The Morgan fingerprint density at radius 1 is 1.35 bits per heavy atom. The predicted octanol–water partition coefficient (Wildman–Crippen LogP) is 1.37. The Labute approximate surface area is 100.0 Å². The zero-order chi connectivity index (χ0) is 12.7. The molecule has 0 aromatic heterocycles. The van der Waals surface area contributed by atoms with Crippen LogP contribution in [0.25, 0.3) is 0 Å². The van der Waals surface area contributed by atoms with Gasteiger partial charge in [-0.2, -0.15) is 0 Å². The number of carbonyl (C=O) groups excluding carboxylic acids is 1. The van der Waals surface area contributed by atoms with E-state index in [0.717, 1.165) is 11.6 Å². The van der Waals surface area contributed by atoms with E-state index in [1.807, 2.05) is 30.3 Å². The summed E-state index contributed by atoms with van der Waals surface area (Å²) in [5.41, 5.74) is 1.05. The van der Waals surface area contributed by atoms with E-state index < -0.39 is 17.9 Å². The zero-order valence-electron chi connectivity index (χ0n) is 9.43. The number of benzene rings is 1. The maximum absolute atomic E-state index is 11.0. The van der Waals surface area contributed by atoms with Gasteiger partial charge in [0, 0.05) is 0 Å². The molecule has 0 radical (unpaired) electrons. The molecule has 17 heavy (non-hydrogen) atoms. The largest absolute Gasteiger partial charge is 0.480 e. The number of carboxylic acids is 1. The third-order valence-corrected chi connectivity index (χ3v) is 2.36. The van der Waals surface area contributed by atoms with Gasteiger partial charge in [-0.25, -0.2) is 4.79 Å². The van der Waals surface area contributed by atoms with Gasteiger partial charge in [0.2, 0.25) is 5.91 Å². The number of aliphatic carboxylic acids is 1. The lowest BCUT2D eigenvalue weighted by Crippen LogP contribution is -2.40. The smallest absolute Gasteiger partial charge is 0.326 e. The van der Waals surface area contributed by atoms with E-state index in [-0.39, 0.29) is 0 Å². The van der Waals surface area contributed by atoms with Gasteiger partial charge >= 0.3 is 5.97 Å². The fourth-order valence-corrected chi connectivity index (χ4v) is 1.44. The first kappa shape index (κ1) is 13.0. The Hall–Kier alpha value is -2.10. The van der Waals surface area contributed by atoms with Crippen LogP contribution in [0, 0.1) is 0 Å². The minimum absolute atomic E-state index is 0.360. The molecule has 0 bridgehead atoms. The molecule has 1 atom stereocenters. The number of carboxylic acid groups (broad SMARTS) is 1. The monoisotopic (exact) mass is 233 g/mol. The molecule has 0 saturated carbocycles. The number of rotatable bonds is 6. The standard InChI is InChI=1S/C13H15NO3/c1-2-12(15)14-11(13(16)17)9-8-10-6-4-3-5-7-10/h2-7,11H,1,8-9H2,(H,14,15)(H,16,17)/t11-/m0/s1. The van der Waals surface area contributed by atoms with Crippen molar-refractivity contribution >= 4 is 11.9 Å². The SMILES string of the molecule is C=CC(=O)N[C@@H](CCc1ccccc1)C(=O)O. The Bertz CT molecular complexity index is 400. The first-order chi connectivity index (χ1) is 8.13. The average molecular weight is 233 g/mol. The van der Waals surface area contributed by atoms with Crippen molar-refractivity contribution in [2.45, 2.75) is 18.9 Å². The molecule has 4 heteroatoms. The molecule has 0 heterocycles. The Balaban J connectivity index is 2.53. The fraction of sp³-hybridized carbons (Fsp3) is 0.231. The highest BCUT2D eigenvalue weighted by Crippen LogP contribution is 2.05. The highest BCUT2D eigenvalue weighted by atomic mass is 16.4. The van der Waals surface area contributed by atoms with Crippen LogP contribution in [0.5, 0.6) is 0 Å². The topological polar surface area (TPSA) is 66.4 Å². The minimum atomic E-state index is -1.03. The average Bonchev–Trinajstić information content (AvgIpc) is 2.35. The van der Waals surface area contributed by atoms with Crippen molar-refractivity contribution in [1.82, 2.24) is 5.32 Å². The molecule has 4 nitrogen and oxygen atoms in total. The maximum atomic E-state index is 11.0. The van der Waals surface area contributed by atoms with Crippen LogP contribution in [-0.4, -0.2) is 23.0 Å². The lowest BCUT2D eigenvalue weighted by Gasteiger charge is -2.12. The molecule has 1 aromatic carbocycles. The highest BCUT2D eigenvalue weighted by molar-refractivity contribution is 5.90. The number of amides is 1. The summed E-state index contributed by atoms with van der Waals surface area (Å²) in [6.07, 6.45) is 2.03. The lowest BCUT2D eigenvalue weighted by atomic mass is 10.1. The quantitative estimate of drug-likeness (QED) is 0.729. The molecule has 90 valence electrons. The third kappa shape index (κ3) is 4.51. The summed E-state index contributed by atoms with van der Waals surface area (Å²) in [6, 6.07) is 8.67. The molecule has 1 rings (SSSR count). The summed E-state index contributed by atoms with van der Waals surface area (Å²) in [5, 5.41) is 11.3. The summed E-state index contributed by atoms with van der Waals surface area (Å²) >= 11 is 0. The van der Waals surface area contributed by atoms with Gasteiger partial charge < -0.3 is 10.4 Å². The van der Waals surface area contributed by atoms with E-state index in [1.165, 1.54) is 0 Å². The van der Waals surface area contributed by atoms with Gasteiger partial charge in [0.05, 0.1) is 0 Å². The molecular weight excluding hydrogens is 218 g/mol. The van der Waals surface area contributed by atoms with Crippen LogP contribution < -0.4 is 5.32 Å². The van der Waals surface area contributed by atoms with Crippen molar-refractivity contribution in [3.8, 4) is 0 Å². The van der Waals surface area contributed by atoms with Crippen molar-refractivity contribution in [2.75, 3.05) is 0 Å². The van der Waals surface area contributed by atoms with E-state index >= 15 is 0 Å². The molecule has 0 spiro atoms. The van der Waals surface area contributed by atoms with Gasteiger partial charge in [0.25, 0.3) is 0 Å². The maximum Gasteiger partial charge on any atom is 0.326 e. The minimum Gasteiger partial charge on any atom is -0.480 e. The van der Waals surface area contributed by atoms with Crippen molar-refractivity contribution in [3.05, 3.63) is 48.6 Å². The second-order valence-corrected chi connectivity index (χ2v) is 3.63. The van der Waals surface area contributed by atoms with Gasteiger partial charge in [-0.05, 0) is 24.5 Å². The Morgan fingerprint density at radius 3 is 2.53 bits per heavy atom. The van der Waals surface area contributed by atoms with Crippen LogP contribution in [0.2, 0.25) is 0 Å². The summed E-state index contributed by atoms with van der Waals surface area (Å²) in [4.78, 5) is 22.0. The van der Waals surface area contributed by atoms with Gasteiger partial charge in [0.1, 0.15) is 6.04 Å². The van der Waals surface area contributed by atoms with Gasteiger partial charge in [0.15, 0.2) is 0 Å².